The van der Waals surface area contributed by atoms with E-state index in [1.165, 1.54) is 23.8 Å². The lowest BCUT2D eigenvalue weighted by atomic mass is 10.0. The topological polar surface area (TPSA) is 90.3 Å². The van der Waals surface area contributed by atoms with E-state index in [-0.39, 0.29) is 17.4 Å². The Kier molecular flexibility index (Phi) is 7.89. The molecule has 170 valence electrons. The third-order valence-corrected chi connectivity index (χ3v) is 5.14. The first kappa shape index (κ1) is 23.3. The summed E-state index contributed by atoms with van der Waals surface area (Å²) in [6.45, 7) is 1.21. The first-order valence-electron chi connectivity index (χ1n) is 10.2. The SMILES string of the molecule is N#Cc1cc(NC(=O)NC2CCN(CCc3ccncc3)CC2)ccc1OCC(F)(F)F. The van der Waals surface area contributed by atoms with Crippen molar-refractivity contribution in [3.8, 4) is 11.8 Å². The molecule has 1 aromatic carbocycles. The van der Waals surface area contributed by atoms with Crippen molar-refractivity contribution in [3.05, 3.63) is 53.9 Å². The van der Waals surface area contributed by atoms with Gasteiger partial charge < -0.3 is 20.3 Å². The number of aromatic nitrogens is 1. The highest BCUT2D eigenvalue weighted by Crippen LogP contribution is 2.25. The summed E-state index contributed by atoms with van der Waals surface area (Å²) in [7, 11) is 0. The van der Waals surface area contributed by atoms with E-state index in [0.717, 1.165) is 38.9 Å². The van der Waals surface area contributed by atoms with Gasteiger partial charge in [-0.15, -0.1) is 0 Å². The Balaban J connectivity index is 1.43. The van der Waals surface area contributed by atoms with Crippen LogP contribution in [0.1, 0.15) is 24.0 Å². The molecule has 0 unspecified atom stereocenters. The zero-order valence-electron chi connectivity index (χ0n) is 17.4. The van der Waals surface area contributed by atoms with Crippen molar-refractivity contribution in [1.29, 1.82) is 5.26 Å². The predicted molar refractivity (Wildman–Crippen MR) is 112 cm³/mol. The van der Waals surface area contributed by atoms with Crippen LogP contribution in [-0.2, 0) is 6.42 Å². The van der Waals surface area contributed by atoms with Crippen LogP contribution in [0.3, 0.4) is 0 Å². The van der Waals surface area contributed by atoms with Crippen molar-refractivity contribution >= 4 is 11.7 Å². The number of urea groups is 1. The first-order valence-corrected chi connectivity index (χ1v) is 10.2. The van der Waals surface area contributed by atoms with Crippen LogP contribution in [0.2, 0.25) is 0 Å². The van der Waals surface area contributed by atoms with Crippen LogP contribution in [0.15, 0.2) is 42.7 Å². The minimum Gasteiger partial charge on any atom is -0.483 e. The Hall–Kier alpha value is -3.32. The Morgan fingerprint density at radius 1 is 1.22 bits per heavy atom. The van der Waals surface area contributed by atoms with Crippen LogP contribution in [0.4, 0.5) is 23.7 Å². The van der Waals surface area contributed by atoms with E-state index >= 15 is 0 Å². The summed E-state index contributed by atoms with van der Waals surface area (Å²) in [6.07, 6.45) is 1.65. The van der Waals surface area contributed by atoms with E-state index in [4.69, 9.17) is 5.26 Å². The van der Waals surface area contributed by atoms with Crippen LogP contribution >= 0.6 is 0 Å². The molecular formula is C22H24F3N5O2. The van der Waals surface area contributed by atoms with Gasteiger partial charge in [0, 0.05) is 43.8 Å². The van der Waals surface area contributed by atoms with E-state index in [0.29, 0.717) is 5.69 Å². The number of pyridine rings is 1. The number of anilines is 1. The van der Waals surface area contributed by atoms with Crippen molar-refractivity contribution in [1.82, 2.24) is 15.2 Å². The summed E-state index contributed by atoms with van der Waals surface area (Å²) in [4.78, 5) is 18.7. The van der Waals surface area contributed by atoms with Crippen LogP contribution in [-0.4, -0.2) is 54.4 Å². The lowest BCUT2D eigenvalue weighted by Gasteiger charge is -2.32. The van der Waals surface area contributed by atoms with Gasteiger partial charge in [0.15, 0.2) is 6.61 Å². The molecule has 3 rings (SSSR count). The van der Waals surface area contributed by atoms with Gasteiger partial charge in [-0.3, -0.25) is 4.98 Å². The number of amides is 2. The second kappa shape index (κ2) is 10.8. The molecule has 0 bridgehead atoms. The summed E-state index contributed by atoms with van der Waals surface area (Å²) >= 11 is 0. The molecule has 0 aliphatic carbocycles. The van der Waals surface area contributed by atoms with E-state index in [1.54, 1.807) is 18.5 Å². The smallest absolute Gasteiger partial charge is 0.422 e. The van der Waals surface area contributed by atoms with E-state index in [9.17, 15) is 18.0 Å². The summed E-state index contributed by atoms with van der Waals surface area (Å²) in [6, 6.07) is 9.31. The van der Waals surface area contributed by atoms with Crippen LogP contribution < -0.4 is 15.4 Å². The molecule has 2 N–H and O–H groups in total. The van der Waals surface area contributed by atoms with Crippen LogP contribution in [0, 0.1) is 11.3 Å². The van der Waals surface area contributed by atoms with Gasteiger partial charge in [-0.1, -0.05) is 0 Å². The molecule has 0 spiro atoms. The average molecular weight is 447 g/mol. The highest BCUT2D eigenvalue weighted by Gasteiger charge is 2.29. The molecule has 0 atom stereocenters. The maximum Gasteiger partial charge on any atom is 0.422 e. The lowest BCUT2D eigenvalue weighted by Crippen LogP contribution is -2.46. The first-order chi connectivity index (χ1) is 15.3. The average Bonchev–Trinajstić information content (AvgIpc) is 2.77. The second-order valence-electron chi connectivity index (χ2n) is 7.55. The molecular weight excluding hydrogens is 423 g/mol. The largest absolute Gasteiger partial charge is 0.483 e. The summed E-state index contributed by atoms with van der Waals surface area (Å²) in [5.41, 5.74) is 1.45. The maximum absolute atomic E-state index is 12.3. The number of alkyl halides is 3. The van der Waals surface area contributed by atoms with E-state index < -0.39 is 18.8 Å². The fourth-order valence-corrected chi connectivity index (χ4v) is 3.47. The Labute approximate surface area is 184 Å². The van der Waals surface area contributed by atoms with Crippen molar-refractivity contribution < 1.29 is 22.7 Å². The second-order valence-corrected chi connectivity index (χ2v) is 7.55. The van der Waals surface area contributed by atoms with E-state index in [2.05, 4.69) is 25.3 Å². The number of nitriles is 1. The van der Waals surface area contributed by atoms with Gasteiger partial charge in [0.05, 0.1) is 5.56 Å². The number of piperidine rings is 1. The molecule has 2 heterocycles. The number of rotatable bonds is 7. The van der Waals surface area contributed by atoms with E-state index in [1.807, 2.05) is 12.1 Å². The highest BCUT2D eigenvalue weighted by molar-refractivity contribution is 5.89. The number of benzene rings is 1. The van der Waals surface area contributed by atoms with Crippen LogP contribution in [0.25, 0.3) is 0 Å². The molecule has 32 heavy (non-hydrogen) atoms. The molecule has 1 saturated heterocycles. The number of hydrogen-bond donors (Lipinski definition) is 2. The molecule has 1 fully saturated rings. The molecule has 0 radical (unpaired) electrons. The summed E-state index contributed by atoms with van der Waals surface area (Å²) in [5.74, 6) is -0.185. The number of halogens is 3. The molecule has 2 aromatic rings. The molecule has 1 aromatic heterocycles. The van der Waals surface area contributed by atoms with Crippen molar-refractivity contribution in [3.63, 3.8) is 0 Å². The molecule has 10 heteroatoms. The fraction of sp³-hybridized carbons (Fsp3) is 0.409. The zero-order chi connectivity index (χ0) is 23.0. The molecule has 1 aliphatic heterocycles. The van der Waals surface area contributed by atoms with Crippen molar-refractivity contribution in [2.45, 2.75) is 31.5 Å². The van der Waals surface area contributed by atoms with Crippen LogP contribution in [0.5, 0.6) is 5.75 Å². The fourth-order valence-electron chi connectivity index (χ4n) is 3.47. The Bertz CT molecular complexity index is 939. The summed E-state index contributed by atoms with van der Waals surface area (Å²) < 4.78 is 41.6. The van der Waals surface area contributed by atoms with Gasteiger partial charge >= 0.3 is 12.2 Å². The molecule has 1 aliphatic rings. The number of carbonyl (C=O) groups is 1. The lowest BCUT2D eigenvalue weighted by molar-refractivity contribution is -0.153. The van der Waals surface area contributed by atoms with Gasteiger partial charge in [0.1, 0.15) is 11.8 Å². The number of carbonyl (C=O) groups excluding carboxylic acids is 1. The third-order valence-electron chi connectivity index (χ3n) is 5.14. The standard InChI is InChI=1S/C22H24F3N5O2/c23-22(24,25)15-32-20-2-1-19(13-17(20)14-26)29-21(31)28-18-6-11-30(12-7-18)10-5-16-3-8-27-9-4-16/h1-4,8-9,13,18H,5-7,10-12,15H2,(H2,28,29,31). The quantitative estimate of drug-likeness (QED) is 0.675. The van der Waals surface area contributed by atoms with Gasteiger partial charge in [-0.05, 0) is 55.2 Å². The maximum atomic E-state index is 12.3. The third kappa shape index (κ3) is 7.42. The number of nitrogens with one attached hydrogen (secondary N) is 2. The number of nitrogens with zero attached hydrogens (tertiary/aromatic N) is 3. The predicted octanol–water partition coefficient (Wildman–Crippen LogP) is 3.72. The molecule has 7 nitrogen and oxygen atoms in total. The normalized spacial score (nSPS) is 15.1. The monoisotopic (exact) mass is 447 g/mol. The Morgan fingerprint density at radius 2 is 1.94 bits per heavy atom. The van der Waals surface area contributed by atoms with Crippen molar-refractivity contribution in [2.24, 2.45) is 0 Å². The molecule has 2 amide bonds. The number of ether oxygens (including phenoxy) is 1. The van der Waals surface area contributed by atoms with Gasteiger partial charge in [0.2, 0.25) is 0 Å². The van der Waals surface area contributed by atoms with Gasteiger partial charge in [-0.2, -0.15) is 18.4 Å². The minimum atomic E-state index is -4.50. The highest BCUT2D eigenvalue weighted by atomic mass is 19.4. The zero-order valence-corrected chi connectivity index (χ0v) is 17.4. The minimum absolute atomic E-state index is 0.0250. The number of likely N-dealkylation sites (tertiary alicyclic amines) is 1. The van der Waals surface area contributed by atoms with Gasteiger partial charge in [-0.25, -0.2) is 4.79 Å². The number of hydrogen-bond acceptors (Lipinski definition) is 5. The Morgan fingerprint density at radius 3 is 2.59 bits per heavy atom. The molecule has 0 saturated carbocycles. The van der Waals surface area contributed by atoms with Crippen molar-refractivity contribution in [2.75, 3.05) is 31.6 Å². The summed E-state index contributed by atoms with van der Waals surface area (Å²) in [5, 5.41) is 14.7. The van der Waals surface area contributed by atoms with Gasteiger partial charge in [0.25, 0.3) is 0 Å².